The average molecular weight is 372 g/mol. The van der Waals surface area contributed by atoms with Crippen LogP contribution < -0.4 is 10.6 Å². The summed E-state index contributed by atoms with van der Waals surface area (Å²) in [4.78, 5) is 0. The van der Waals surface area contributed by atoms with Crippen LogP contribution in [0.5, 0.6) is 0 Å². The Morgan fingerprint density at radius 1 is 1.23 bits per heavy atom. The fourth-order valence-electron chi connectivity index (χ4n) is 2.57. The molecule has 3 rings (SSSR count). The molecule has 8 heteroatoms. The molecule has 2 heterocycles. The van der Waals surface area contributed by atoms with Crippen molar-refractivity contribution in [2.45, 2.75) is 33.5 Å². The van der Waals surface area contributed by atoms with Gasteiger partial charge in [-0.15, -0.1) is 0 Å². The van der Waals surface area contributed by atoms with E-state index in [-0.39, 0.29) is 5.82 Å². The second-order valence-corrected chi connectivity index (χ2v) is 6.34. The number of anilines is 1. The molecule has 1 aromatic carbocycles. The van der Waals surface area contributed by atoms with Crippen LogP contribution in [0.4, 0.5) is 10.2 Å². The van der Waals surface area contributed by atoms with Gasteiger partial charge in [-0.1, -0.05) is 12.1 Å². The maximum atomic E-state index is 13.3. The maximum absolute atomic E-state index is 13.3. The summed E-state index contributed by atoms with van der Waals surface area (Å²) in [5, 5.41) is 15.5. The van der Waals surface area contributed by atoms with E-state index in [2.05, 4.69) is 27.8 Å². The number of nitrogens with zero attached hydrogens (tertiary/aromatic N) is 4. The molecule has 0 amide bonds. The van der Waals surface area contributed by atoms with Crippen LogP contribution in [0.1, 0.15) is 23.7 Å². The number of hydrogen-bond donors (Lipinski definition) is 2. The van der Waals surface area contributed by atoms with Gasteiger partial charge in [0.25, 0.3) is 0 Å². The summed E-state index contributed by atoms with van der Waals surface area (Å²) < 4.78 is 16.9. The third kappa shape index (κ3) is 4.66. The van der Waals surface area contributed by atoms with Crippen LogP contribution in [-0.2, 0) is 19.6 Å². The lowest BCUT2D eigenvalue weighted by molar-refractivity contribution is 0.619. The quantitative estimate of drug-likeness (QED) is 0.651. The topological polar surface area (TPSA) is 59.7 Å². The van der Waals surface area contributed by atoms with Gasteiger partial charge in [-0.3, -0.25) is 9.36 Å². The molecule has 2 aromatic heterocycles. The molecule has 0 bridgehead atoms. The molecule has 0 saturated heterocycles. The van der Waals surface area contributed by atoms with Gasteiger partial charge in [0.1, 0.15) is 5.82 Å². The van der Waals surface area contributed by atoms with Gasteiger partial charge in [-0.2, -0.15) is 10.2 Å². The van der Waals surface area contributed by atoms with Crippen molar-refractivity contribution in [2.24, 2.45) is 0 Å². The third-order valence-electron chi connectivity index (χ3n) is 3.93. The normalized spacial score (nSPS) is 10.7. The minimum Gasteiger partial charge on any atom is -0.358 e. The van der Waals surface area contributed by atoms with Crippen molar-refractivity contribution >= 4 is 23.1 Å². The first-order chi connectivity index (χ1) is 12.5. The standard InChI is InChI=1S/C18H21FN6S/c1-3-24-12-15(13(2)22-24)10-20-18(26)21-17-7-8-25(23-17)11-14-5-4-6-16(19)9-14/h4-9,12H,3,10-11H2,1-2H3,(H2,20,21,23,26). The fraction of sp³-hybridized carbons (Fsp3) is 0.278. The van der Waals surface area contributed by atoms with Gasteiger partial charge in [-0.05, 0) is 43.8 Å². The number of aromatic nitrogens is 4. The van der Waals surface area contributed by atoms with E-state index in [9.17, 15) is 4.39 Å². The van der Waals surface area contributed by atoms with Gasteiger partial charge in [0.2, 0.25) is 0 Å². The fourth-order valence-corrected chi connectivity index (χ4v) is 2.75. The van der Waals surface area contributed by atoms with Crippen molar-refractivity contribution in [3.05, 3.63) is 65.4 Å². The van der Waals surface area contributed by atoms with Crippen LogP contribution in [0, 0.1) is 12.7 Å². The summed E-state index contributed by atoms with van der Waals surface area (Å²) in [6.07, 6.45) is 3.84. The second kappa shape index (κ2) is 8.09. The Kier molecular flexibility index (Phi) is 5.62. The van der Waals surface area contributed by atoms with Gasteiger partial charge in [-0.25, -0.2) is 4.39 Å². The van der Waals surface area contributed by atoms with Gasteiger partial charge in [0, 0.05) is 37.1 Å². The highest BCUT2D eigenvalue weighted by Crippen LogP contribution is 2.09. The lowest BCUT2D eigenvalue weighted by Gasteiger charge is -2.08. The SMILES string of the molecule is CCn1cc(CNC(=S)Nc2ccn(Cc3cccc(F)c3)n2)c(C)n1. The number of nitrogens with one attached hydrogen (secondary N) is 2. The maximum Gasteiger partial charge on any atom is 0.172 e. The number of hydrogen-bond acceptors (Lipinski definition) is 3. The molecule has 0 spiro atoms. The minimum absolute atomic E-state index is 0.250. The van der Waals surface area contributed by atoms with Gasteiger partial charge >= 0.3 is 0 Å². The van der Waals surface area contributed by atoms with Crippen molar-refractivity contribution in [3.63, 3.8) is 0 Å². The molecule has 2 N–H and O–H groups in total. The first kappa shape index (κ1) is 18.1. The van der Waals surface area contributed by atoms with E-state index in [0.717, 1.165) is 23.4 Å². The Hall–Kier alpha value is -2.74. The Balaban J connectivity index is 1.53. The van der Waals surface area contributed by atoms with Crippen LogP contribution in [-0.4, -0.2) is 24.7 Å². The van der Waals surface area contributed by atoms with Crippen LogP contribution in [0.2, 0.25) is 0 Å². The summed E-state index contributed by atoms with van der Waals surface area (Å²) in [5.41, 5.74) is 2.94. The van der Waals surface area contributed by atoms with Gasteiger partial charge in [0.15, 0.2) is 10.9 Å². The van der Waals surface area contributed by atoms with E-state index in [1.807, 2.05) is 36.1 Å². The predicted molar refractivity (Wildman–Crippen MR) is 103 cm³/mol. The summed E-state index contributed by atoms with van der Waals surface area (Å²) in [6.45, 7) is 5.96. The highest BCUT2D eigenvalue weighted by molar-refractivity contribution is 7.80. The lowest BCUT2D eigenvalue weighted by Crippen LogP contribution is -2.28. The zero-order valence-electron chi connectivity index (χ0n) is 14.7. The average Bonchev–Trinajstić information content (AvgIpc) is 3.19. The summed E-state index contributed by atoms with van der Waals surface area (Å²) >= 11 is 5.32. The lowest BCUT2D eigenvalue weighted by atomic mass is 10.2. The van der Waals surface area contributed by atoms with E-state index < -0.39 is 0 Å². The van der Waals surface area contributed by atoms with Crippen LogP contribution in [0.15, 0.2) is 42.7 Å². The molecule has 0 aliphatic carbocycles. The highest BCUT2D eigenvalue weighted by atomic mass is 32.1. The van der Waals surface area contributed by atoms with Crippen molar-refractivity contribution in [3.8, 4) is 0 Å². The molecule has 26 heavy (non-hydrogen) atoms. The van der Waals surface area contributed by atoms with Gasteiger partial charge < -0.3 is 10.6 Å². The number of rotatable bonds is 6. The molecule has 0 aliphatic heterocycles. The van der Waals surface area contributed by atoms with E-state index in [1.54, 1.807) is 10.7 Å². The Labute approximate surface area is 157 Å². The monoisotopic (exact) mass is 372 g/mol. The molecular weight excluding hydrogens is 351 g/mol. The number of benzene rings is 1. The molecule has 3 aromatic rings. The summed E-state index contributed by atoms with van der Waals surface area (Å²) in [6, 6.07) is 8.31. The van der Waals surface area contributed by atoms with E-state index in [1.165, 1.54) is 12.1 Å². The number of aryl methyl sites for hydroxylation is 2. The molecule has 6 nitrogen and oxygen atoms in total. The molecule has 0 atom stereocenters. The van der Waals surface area contributed by atoms with E-state index in [0.29, 0.717) is 24.0 Å². The second-order valence-electron chi connectivity index (χ2n) is 5.93. The molecular formula is C18H21FN6S. The predicted octanol–water partition coefficient (Wildman–Crippen LogP) is 3.08. The van der Waals surface area contributed by atoms with Crippen LogP contribution >= 0.6 is 12.2 Å². The molecule has 136 valence electrons. The molecule has 0 saturated carbocycles. The third-order valence-corrected chi connectivity index (χ3v) is 4.17. The van der Waals surface area contributed by atoms with E-state index >= 15 is 0 Å². The smallest absolute Gasteiger partial charge is 0.172 e. The molecule has 0 unspecified atom stereocenters. The van der Waals surface area contributed by atoms with Crippen LogP contribution in [0.3, 0.4) is 0 Å². The summed E-state index contributed by atoms with van der Waals surface area (Å²) in [7, 11) is 0. The molecule has 0 fully saturated rings. The molecule has 0 radical (unpaired) electrons. The molecule has 0 aliphatic rings. The van der Waals surface area contributed by atoms with Gasteiger partial charge in [0.05, 0.1) is 12.2 Å². The largest absolute Gasteiger partial charge is 0.358 e. The Morgan fingerprint density at radius 2 is 2.08 bits per heavy atom. The van der Waals surface area contributed by atoms with Crippen molar-refractivity contribution in [1.29, 1.82) is 0 Å². The number of thiocarbonyl (C=S) groups is 1. The van der Waals surface area contributed by atoms with Crippen molar-refractivity contribution in [2.75, 3.05) is 5.32 Å². The van der Waals surface area contributed by atoms with Crippen molar-refractivity contribution in [1.82, 2.24) is 24.9 Å². The Bertz CT molecular complexity index is 901. The van der Waals surface area contributed by atoms with E-state index in [4.69, 9.17) is 12.2 Å². The number of halogens is 1. The minimum atomic E-state index is -0.250. The Morgan fingerprint density at radius 3 is 2.81 bits per heavy atom. The van der Waals surface area contributed by atoms with Crippen molar-refractivity contribution < 1.29 is 4.39 Å². The van der Waals surface area contributed by atoms with Crippen LogP contribution in [0.25, 0.3) is 0 Å². The first-order valence-corrected chi connectivity index (χ1v) is 8.80. The zero-order chi connectivity index (χ0) is 18.5. The highest BCUT2D eigenvalue weighted by Gasteiger charge is 2.06. The zero-order valence-corrected chi connectivity index (χ0v) is 15.6. The summed E-state index contributed by atoms with van der Waals surface area (Å²) in [5.74, 6) is 0.389. The first-order valence-electron chi connectivity index (χ1n) is 8.39.